The molecule has 0 aromatic heterocycles. The third-order valence-electron chi connectivity index (χ3n) is 5.75. The number of hydrogen-bond donors (Lipinski definition) is 0. The minimum atomic E-state index is -0.519. The molecule has 1 aliphatic rings. The van der Waals surface area contributed by atoms with Crippen molar-refractivity contribution in [2.75, 3.05) is 6.67 Å². The molecule has 1 aliphatic carbocycles. The Labute approximate surface area is 168 Å². The molecule has 0 spiro atoms. The lowest BCUT2D eigenvalue weighted by Crippen LogP contribution is -2.13. The van der Waals surface area contributed by atoms with Crippen LogP contribution in [0, 0.1) is 17.6 Å². The molecule has 1 fully saturated rings. The first-order valence-electron chi connectivity index (χ1n) is 10.7. The lowest BCUT2D eigenvalue weighted by molar-refractivity contribution is 0.283. The van der Waals surface area contributed by atoms with Crippen LogP contribution in [-0.2, 0) is 12.8 Å². The third kappa shape index (κ3) is 7.00. The van der Waals surface area contributed by atoms with Crippen LogP contribution in [0.1, 0.15) is 75.0 Å². The molecule has 0 amide bonds. The van der Waals surface area contributed by atoms with Gasteiger partial charge in [-0.25, -0.2) is 8.78 Å². The first-order chi connectivity index (χ1) is 13.6. The summed E-state index contributed by atoms with van der Waals surface area (Å²) in [6, 6.07) is 12.8. The van der Waals surface area contributed by atoms with Crippen LogP contribution in [0.2, 0.25) is 0 Å². The van der Waals surface area contributed by atoms with E-state index >= 15 is 0 Å². The number of benzene rings is 2. The van der Waals surface area contributed by atoms with Crippen molar-refractivity contribution in [1.82, 2.24) is 0 Å². The van der Waals surface area contributed by atoms with Crippen molar-refractivity contribution in [2.24, 2.45) is 5.92 Å². The Hall–Kier alpha value is -1.77. The van der Waals surface area contributed by atoms with E-state index in [2.05, 4.69) is 31.2 Å². The quantitative estimate of drug-likeness (QED) is 0.472. The number of aryl methyl sites for hydroxylation is 2. The van der Waals surface area contributed by atoms with Gasteiger partial charge in [-0.3, -0.25) is 4.39 Å². The standard InChI is InChI=1S/C17H25F.C8H8F2/c1-2-3-14-4-8-16(9-5-14)17-10-6-15(7-11-17)12-13-18;1-2-6-3-4-7(9)5-8(6)10/h4-5,8-9,15,17H,2-3,6-7,10-13H2,1H3;3-5H,2H2,1H3. The maximum Gasteiger partial charge on any atom is 0.129 e. The van der Waals surface area contributed by atoms with E-state index in [9.17, 15) is 13.2 Å². The smallest absolute Gasteiger partial charge is 0.129 e. The third-order valence-corrected chi connectivity index (χ3v) is 5.75. The van der Waals surface area contributed by atoms with Crippen molar-refractivity contribution < 1.29 is 13.2 Å². The lowest BCUT2D eigenvalue weighted by Gasteiger charge is -2.28. The second-order valence-corrected chi connectivity index (χ2v) is 7.78. The Bertz CT molecular complexity index is 685. The Kier molecular flexibility index (Phi) is 9.60. The summed E-state index contributed by atoms with van der Waals surface area (Å²) in [4.78, 5) is 0. The molecule has 0 N–H and O–H groups in total. The summed E-state index contributed by atoms with van der Waals surface area (Å²) in [6.45, 7) is 3.91. The van der Waals surface area contributed by atoms with Crippen molar-refractivity contribution >= 4 is 0 Å². The van der Waals surface area contributed by atoms with Crippen LogP contribution >= 0.6 is 0 Å². The van der Waals surface area contributed by atoms with Crippen molar-refractivity contribution in [1.29, 1.82) is 0 Å². The van der Waals surface area contributed by atoms with Crippen LogP contribution in [0.3, 0.4) is 0 Å². The molecule has 0 unspecified atom stereocenters. The number of hydrogen-bond acceptors (Lipinski definition) is 0. The Balaban J connectivity index is 0.000000237. The molecule has 0 radical (unpaired) electrons. The average molecular weight is 391 g/mol. The zero-order chi connectivity index (χ0) is 20.4. The molecule has 0 aliphatic heterocycles. The predicted octanol–water partition coefficient (Wildman–Crippen LogP) is 7.80. The second kappa shape index (κ2) is 11.9. The molecule has 0 nitrogen and oxygen atoms in total. The fourth-order valence-electron chi connectivity index (χ4n) is 3.99. The monoisotopic (exact) mass is 390 g/mol. The summed E-state index contributed by atoms with van der Waals surface area (Å²) in [5.74, 6) is 0.388. The van der Waals surface area contributed by atoms with Crippen LogP contribution in [0.25, 0.3) is 0 Å². The molecule has 0 heterocycles. The van der Waals surface area contributed by atoms with Crippen molar-refractivity contribution in [3.05, 3.63) is 70.8 Å². The summed E-state index contributed by atoms with van der Waals surface area (Å²) in [6.07, 6.45) is 8.71. The van der Waals surface area contributed by atoms with Crippen molar-refractivity contribution in [3.63, 3.8) is 0 Å². The molecule has 0 saturated heterocycles. The molecule has 3 heteroatoms. The van der Waals surface area contributed by atoms with Crippen LogP contribution < -0.4 is 0 Å². The minimum Gasteiger partial charge on any atom is -0.251 e. The van der Waals surface area contributed by atoms with Gasteiger partial charge in [-0.05, 0) is 79.5 Å². The molecule has 1 saturated carbocycles. The highest BCUT2D eigenvalue weighted by Crippen LogP contribution is 2.37. The average Bonchev–Trinajstić information content (AvgIpc) is 2.70. The second-order valence-electron chi connectivity index (χ2n) is 7.78. The topological polar surface area (TPSA) is 0 Å². The van der Waals surface area contributed by atoms with E-state index in [0.29, 0.717) is 17.9 Å². The summed E-state index contributed by atoms with van der Waals surface area (Å²) < 4.78 is 37.2. The van der Waals surface area contributed by atoms with Gasteiger partial charge in [0.2, 0.25) is 0 Å². The van der Waals surface area contributed by atoms with Gasteiger partial charge in [0.05, 0.1) is 6.67 Å². The van der Waals surface area contributed by atoms with Crippen LogP contribution in [-0.4, -0.2) is 6.67 Å². The van der Waals surface area contributed by atoms with Gasteiger partial charge in [-0.2, -0.15) is 0 Å². The van der Waals surface area contributed by atoms with E-state index in [4.69, 9.17) is 0 Å². The SMILES string of the molecule is CCCc1ccc(C2CCC(CCF)CC2)cc1.CCc1ccc(F)cc1F. The predicted molar refractivity (Wildman–Crippen MR) is 111 cm³/mol. The van der Waals surface area contributed by atoms with Gasteiger partial charge in [0, 0.05) is 6.07 Å². The van der Waals surface area contributed by atoms with Gasteiger partial charge >= 0.3 is 0 Å². The van der Waals surface area contributed by atoms with Crippen LogP contribution in [0.4, 0.5) is 13.2 Å². The van der Waals surface area contributed by atoms with E-state index in [1.165, 1.54) is 61.8 Å². The first-order valence-corrected chi connectivity index (χ1v) is 10.7. The molecule has 28 heavy (non-hydrogen) atoms. The number of halogens is 3. The molecular formula is C25H33F3. The zero-order valence-corrected chi connectivity index (χ0v) is 17.2. The van der Waals surface area contributed by atoms with Gasteiger partial charge in [0.15, 0.2) is 0 Å². The van der Waals surface area contributed by atoms with E-state index in [0.717, 1.165) is 18.4 Å². The summed E-state index contributed by atoms with van der Waals surface area (Å²) in [5.41, 5.74) is 3.50. The Morgan fingerprint density at radius 1 is 0.893 bits per heavy atom. The van der Waals surface area contributed by atoms with E-state index < -0.39 is 11.6 Å². The first kappa shape index (κ1) is 22.5. The van der Waals surface area contributed by atoms with Crippen molar-refractivity contribution in [3.8, 4) is 0 Å². The maximum absolute atomic E-state index is 12.6. The fraction of sp³-hybridized carbons (Fsp3) is 0.520. The lowest BCUT2D eigenvalue weighted by atomic mass is 9.77. The zero-order valence-electron chi connectivity index (χ0n) is 17.2. The molecular weight excluding hydrogens is 357 g/mol. The maximum atomic E-state index is 12.6. The van der Waals surface area contributed by atoms with Gasteiger partial charge in [-0.1, -0.05) is 50.6 Å². The van der Waals surface area contributed by atoms with E-state index in [1.807, 2.05) is 6.92 Å². The van der Waals surface area contributed by atoms with Crippen molar-refractivity contribution in [2.45, 2.75) is 71.1 Å². The highest BCUT2D eigenvalue weighted by atomic mass is 19.1. The summed E-state index contributed by atoms with van der Waals surface area (Å²) in [7, 11) is 0. The Morgan fingerprint density at radius 2 is 1.57 bits per heavy atom. The molecule has 2 aromatic carbocycles. The van der Waals surface area contributed by atoms with E-state index in [-0.39, 0.29) is 6.67 Å². The number of rotatable bonds is 6. The fourth-order valence-corrected chi connectivity index (χ4v) is 3.99. The summed E-state index contributed by atoms with van der Waals surface area (Å²) >= 11 is 0. The molecule has 154 valence electrons. The number of alkyl halides is 1. The normalized spacial score (nSPS) is 19.0. The molecule has 0 atom stereocenters. The van der Waals surface area contributed by atoms with Gasteiger partial charge in [0.25, 0.3) is 0 Å². The highest BCUT2D eigenvalue weighted by Gasteiger charge is 2.21. The highest BCUT2D eigenvalue weighted by molar-refractivity contribution is 5.26. The molecule has 3 rings (SSSR count). The minimum absolute atomic E-state index is 0.138. The van der Waals surface area contributed by atoms with Gasteiger partial charge < -0.3 is 0 Å². The molecule has 0 bridgehead atoms. The van der Waals surface area contributed by atoms with Gasteiger partial charge in [-0.15, -0.1) is 0 Å². The summed E-state index contributed by atoms with van der Waals surface area (Å²) in [5, 5.41) is 0. The van der Waals surface area contributed by atoms with Crippen LogP contribution in [0.15, 0.2) is 42.5 Å². The Morgan fingerprint density at radius 3 is 2.11 bits per heavy atom. The van der Waals surface area contributed by atoms with Crippen LogP contribution in [0.5, 0.6) is 0 Å². The molecule has 2 aromatic rings. The van der Waals surface area contributed by atoms with E-state index in [1.54, 1.807) is 0 Å². The van der Waals surface area contributed by atoms with Gasteiger partial charge in [0.1, 0.15) is 11.6 Å². The largest absolute Gasteiger partial charge is 0.251 e.